The van der Waals surface area contributed by atoms with Crippen LogP contribution in [0.4, 0.5) is 0 Å². The van der Waals surface area contributed by atoms with Crippen LogP contribution in [0.25, 0.3) is 5.69 Å². The van der Waals surface area contributed by atoms with Gasteiger partial charge in [0.05, 0.1) is 17.2 Å². The van der Waals surface area contributed by atoms with Crippen molar-refractivity contribution in [3.05, 3.63) is 52.8 Å². The highest BCUT2D eigenvalue weighted by Crippen LogP contribution is 2.25. The van der Waals surface area contributed by atoms with Gasteiger partial charge in [0.25, 0.3) is 5.91 Å². The number of aliphatic carboxylic acids is 1. The molecule has 1 N–H and O–H groups in total. The first-order chi connectivity index (χ1) is 11.4. The Morgan fingerprint density at radius 1 is 1.08 bits per heavy atom. The van der Waals surface area contributed by atoms with Crippen molar-refractivity contribution in [1.29, 1.82) is 0 Å². The van der Waals surface area contributed by atoms with E-state index in [2.05, 4.69) is 4.57 Å². The van der Waals surface area contributed by atoms with Gasteiger partial charge in [-0.25, -0.2) is 0 Å². The van der Waals surface area contributed by atoms with E-state index >= 15 is 0 Å². The van der Waals surface area contributed by atoms with Crippen molar-refractivity contribution in [2.45, 2.75) is 27.2 Å². The van der Waals surface area contributed by atoms with E-state index in [1.807, 2.05) is 51.1 Å². The van der Waals surface area contributed by atoms with E-state index in [0.717, 1.165) is 22.6 Å². The number of carbonyl (C=O) groups excluding carboxylic acids is 1. The van der Waals surface area contributed by atoms with E-state index in [0.29, 0.717) is 18.5 Å². The largest absolute Gasteiger partial charge is 0.481 e. The molecule has 0 saturated carbocycles. The Bertz CT molecular complexity index is 787. The molecule has 1 unspecified atom stereocenters. The summed E-state index contributed by atoms with van der Waals surface area (Å²) in [6.45, 7) is 6.76. The molecule has 1 aromatic carbocycles. The lowest BCUT2D eigenvalue weighted by atomic mass is 10.1. The third kappa shape index (κ3) is 2.82. The minimum Gasteiger partial charge on any atom is -0.481 e. The number of aromatic nitrogens is 1. The van der Waals surface area contributed by atoms with Gasteiger partial charge in [-0.3, -0.25) is 9.59 Å². The minimum absolute atomic E-state index is 0.0926. The first-order valence-corrected chi connectivity index (χ1v) is 8.16. The monoisotopic (exact) mass is 326 g/mol. The lowest BCUT2D eigenvalue weighted by Crippen LogP contribution is -2.31. The van der Waals surface area contributed by atoms with Crippen molar-refractivity contribution in [1.82, 2.24) is 9.47 Å². The molecule has 1 saturated heterocycles. The van der Waals surface area contributed by atoms with Crippen LogP contribution in [-0.2, 0) is 4.79 Å². The van der Waals surface area contributed by atoms with Gasteiger partial charge in [-0.2, -0.15) is 0 Å². The average Bonchev–Trinajstić information content (AvgIpc) is 3.15. The molecule has 0 radical (unpaired) electrons. The number of likely N-dealkylation sites (tertiary alicyclic amines) is 1. The lowest BCUT2D eigenvalue weighted by molar-refractivity contribution is -0.141. The Morgan fingerprint density at radius 3 is 2.33 bits per heavy atom. The number of benzene rings is 1. The van der Waals surface area contributed by atoms with Gasteiger partial charge in [-0.05, 0) is 51.5 Å². The second kappa shape index (κ2) is 6.15. The van der Waals surface area contributed by atoms with Crippen LogP contribution in [0.15, 0.2) is 30.3 Å². The number of amides is 1. The normalized spacial score (nSPS) is 17.3. The molecule has 24 heavy (non-hydrogen) atoms. The van der Waals surface area contributed by atoms with E-state index in [4.69, 9.17) is 5.11 Å². The quantitative estimate of drug-likeness (QED) is 0.943. The molecule has 5 heteroatoms. The molecule has 1 aromatic heterocycles. The van der Waals surface area contributed by atoms with Crippen LogP contribution in [0.3, 0.4) is 0 Å². The lowest BCUT2D eigenvalue weighted by Gasteiger charge is -2.20. The molecule has 0 bridgehead atoms. The Balaban J connectivity index is 2.00. The van der Waals surface area contributed by atoms with Crippen molar-refractivity contribution in [2.75, 3.05) is 13.1 Å². The third-order valence-electron chi connectivity index (χ3n) is 4.72. The minimum atomic E-state index is -0.827. The molecule has 1 fully saturated rings. The van der Waals surface area contributed by atoms with Gasteiger partial charge in [-0.1, -0.05) is 11.6 Å². The molecule has 1 aliphatic heterocycles. The summed E-state index contributed by atoms with van der Waals surface area (Å²) in [6.07, 6.45) is 0.518. The standard InChI is InChI=1S/C19H22N2O3/c1-12-4-7-17(21-13(2)5-6-14(21)3)16(10-12)18(22)20-9-8-15(11-20)19(23)24/h4-7,10,15H,8-9,11H2,1-3H3,(H,23,24). The topological polar surface area (TPSA) is 62.5 Å². The van der Waals surface area contributed by atoms with E-state index in [-0.39, 0.29) is 12.5 Å². The number of rotatable bonds is 3. The Kier molecular flexibility index (Phi) is 4.18. The maximum atomic E-state index is 13.0. The number of carboxylic acid groups (broad SMARTS) is 1. The maximum absolute atomic E-state index is 13.0. The second-order valence-corrected chi connectivity index (χ2v) is 6.55. The van der Waals surface area contributed by atoms with Crippen LogP contribution in [0.5, 0.6) is 0 Å². The van der Waals surface area contributed by atoms with Gasteiger partial charge >= 0.3 is 5.97 Å². The van der Waals surface area contributed by atoms with Crippen molar-refractivity contribution >= 4 is 11.9 Å². The summed E-state index contributed by atoms with van der Waals surface area (Å²) in [6, 6.07) is 9.91. The van der Waals surface area contributed by atoms with E-state index < -0.39 is 11.9 Å². The van der Waals surface area contributed by atoms with Crippen LogP contribution in [0.1, 0.15) is 33.7 Å². The van der Waals surface area contributed by atoms with Crippen LogP contribution in [-0.4, -0.2) is 39.5 Å². The predicted molar refractivity (Wildman–Crippen MR) is 91.6 cm³/mol. The fourth-order valence-electron chi connectivity index (χ4n) is 3.38. The Hall–Kier alpha value is -2.56. The summed E-state index contributed by atoms with van der Waals surface area (Å²) < 4.78 is 2.07. The second-order valence-electron chi connectivity index (χ2n) is 6.55. The molecule has 2 heterocycles. The fraction of sp³-hybridized carbons (Fsp3) is 0.368. The summed E-state index contributed by atoms with van der Waals surface area (Å²) in [7, 11) is 0. The molecule has 126 valence electrons. The van der Waals surface area contributed by atoms with Gasteiger partial charge < -0.3 is 14.6 Å². The SMILES string of the molecule is Cc1ccc(-n2c(C)ccc2C)c(C(=O)N2CCC(C(=O)O)C2)c1. The fourth-order valence-corrected chi connectivity index (χ4v) is 3.38. The van der Waals surface area contributed by atoms with Crippen molar-refractivity contribution in [3.63, 3.8) is 0 Å². The summed E-state index contributed by atoms with van der Waals surface area (Å²) >= 11 is 0. The van der Waals surface area contributed by atoms with Crippen LogP contribution in [0.2, 0.25) is 0 Å². The highest BCUT2D eigenvalue weighted by molar-refractivity contribution is 5.98. The van der Waals surface area contributed by atoms with Gasteiger partial charge in [0.1, 0.15) is 0 Å². The smallest absolute Gasteiger partial charge is 0.308 e. The molecule has 1 aliphatic rings. The van der Waals surface area contributed by atoms with E-state index in [1.165, 1.54) is 0 Å². The molecule has 1 atom stereocenters. The van der Waals surface area contributed by atoms with E-state index in [1.54, 1.807) is 4.90 Å². The summed E-state index contributed by atoms with van der Waals surface area (Å²) in [5.74, 6) is -1.38. The zero-order chi connectivity index (χ0) is 17.4. The molecule has 2 aromatic rings. The Labute approximate surface area is 141 Å². The number of carboxylic acids is 1. The zero-order valence-corrected chi connectivity index (χ0v) is 14.2. The first kappa shape index (κ1) is 16.3. The van der Waals surface area contributed by atoms with Gasteiger partial charge in [0.2, 0.25) is 0 Å². The number of carbonyl (C=O) groups is 2. The summed E-state index contributed by atoms with van der Waals surface area (Å²) in [5.41, 5.74) is 4.62. The molecule has 1 amide bonds. The van der Waals surface area contributed by atoms with Gasteiger partial charge in [0, 0.05) is 24.5 Å². The van der Waals surface area contributed by atoms with Crippen molar-refractivity contribution in [2.24, 2.45) is 5.92 Å². The van der Waals surface area contributed by atoms with Gasteiger partial charge in [0.15, 0.2) is 0 Å². The summed E-state index contributed by atoms with van der Waals surface area (Å²) in [4.78, 5) is 25.8. The molecular weight excluding hydrogens is 304 g/mol. The third-order valence-corrected chi connectivity index (χ3v) is 4.72. The highest BCUT2D eigenvalue weighted by atomic mass is 16.4. The van der Waals surface area contributed by atoms with Crippen LogP contribution in [0, 0.1) is 26.7 Å². The molecule has 0 aliphatic carbocycles. The zero-order valence-electron chi connectivity index (χ0n) is 14.2. The summed E-state index contributed by atoms with van der Waals surface area (Å²) in [5, 5.41) is 9.16. The number of aryl methyl sites for hydroxylation is 3. The number of hydrogen-bond donors (Lipinski definition) is 1. The highest BCUT2D eigenvalue weighted by Gasteiger charge is 2.32. The first-order valence-electron chi connectivity index (χ1n) is 8.16. The molecular formula is C19H22N2O3. The molecule has 3 rings (SSSR count). The Morgan fingerprint density at radius 2 is 1.75 bits per heavy atom. The molecule has 0 spiro atoms. The maximum Gasteiger partial charge on any atom is 0.308 e. The van der Waals surface area contributed by atoms with E-state index in [9.17, 15) is 9.59 Å². The number of hydrogen-bond acceptors (Lipinski definition) is 2. The van der Waals surface area contributed by atoms with Gasteiger partial charge in [-0.15, -0.1) is 0 Å². The number of nitrogens with zero attached hydrogens (tertiary/aromatic N) is 2. The van der Waals surface area contributed by atoms with Crippen LogP contribution < -0.4 is 0 Å². The van der Waals surface area contributed by atoms with Crippen LogP contribution >= 0.6 is 0 Å². The molecule has 5 nitrogen and oxygen atoms in total. The van der Waals surface area contributed by atoms with Crippen molar-refractivity contribution < 1.29 is 14.7 Å². The van der Waals surface area contributed by atoms with Crippen molar-refractivity contribution in [3.8, 4) is 5.69 Å². The predicted octanol–water partition coefficient (Wildman–Crippen LogP) is 2.95. The average molecular weight is 326 g/mol.